The summed E-state index contributed by atoms with van der Waals surface area (Å²) >= 11 is 3.15. The molecule has 0 bridgehead atoms. The molecule has 2 aromatic rings. The van der Waals surface area contributed by atoms with Crippen molar-refractivity contribution in [3.8, 4) is 5.75 Å². The number of nitrogens with zero attached hydrogens (tertiary/aromatic N) is 1. The maximum Gasteiger partial charge on any atom is 0.161 e. The molecule has 2 rings (SSSR count). The van der Waals surface area contributed by atoms with Crippen molar-refractivity contribution in [1.29, 1.82) is 5.41 Å². The molecule has 0 radical (unpaired) electrons. The van der Waals surface area contributed by atoms with Gasteiger partial charge in [0.2, 0.25) is 0 Å². The second-order valence-electron chi connectivity index (χ2n) is 4.43. The van der Waals surface area contributed by atoms with E-state index in [1.807, 2.05) is 24.3 Å². The maximum absolute atomic E-state index is 14.4. The van der Waals surface area contributed by atoms with Crippen molar-refractivity contribution >= 4 is 33.1 Å². The Kier molecular flexibility index (Phi) is 4.47. The molecular weight excluding hydrogens is 337 g/mol. The summed E-state index contributed by atoms with van der Waals surface area (Å²) in [7, 11) is 3.36. The number of methoxy groups -OCH3 is 1. The van der Waals surface area contributed by atoms with Gasteiger partial charge >= 0.3 is 0 Å². The average Bonchev–Trinajstić information content (AvgIpc) is 2.49. The van der Waals surface area contributed by atoms with Gasteiger partial charge in [0.25, 0.3) is 0 Å². The molecule has 2 aromatic carbocycles. The Bertz CT molecular complexity index is 673. The monoisotopic (exact) mass is 351 g/mol. The van der Waals surface area contributed by atoms with E-state index in [4.69, 9.17) is 15.9 Å². The van der Waals surface area contributed by atoms with Crippen molar-refractivity contribution in [3.63, 3.8) is 0 Å². The lowest BCUT2D eigenvalue weighted by molar-refractivity contribution is 0.415. The molecule has 110 valence electrons. The molecular formula is C15H15BrFN3O. The number of amidine groups is 1. The third kappa shape index (κ3) is 3.00. The van der Waals surface area contributed by atoms with E-state index in [-0.39, 0.29) is 10.3 Å². The van der Waals surface area contributed by atoms with E-state index in [1.54, 1.807) is 31.2 Å². The molecule has 21 heavy (non-hydrogen) atoms. The van der Waals surface area contributed by atoms with Crippen LogP contribution in [0.2, 0.25) is 0 Å². The van der Waals surface area contributed by atoms with Crippen molar-refractivity contribution in [2.45, 2.75) is 0 Å². The van der Waals surface area contributed by atoms with E-state index >= 15 is 0 Å². The predicted molar refractivity (Wildman–Crippen MR) is 86.2 cm³/mol. The minimum atomic E-state index is -0.457. The molecule has 0 fully saturated rings. The predicted octanol–water partition coefficient (Wildman–Crippen LogP) is 3.65. The summed E-state index contributed by atoms with van der Waals surface area (Å²) in [4.78, 5) is 1.71. The summed E-state index contributed by atoms with van der Waals surface area (Å²) in [5, 5.41) is 7.41. The van der Waals surface area contributed by atoms with Gasteiger partial charge in [0, 0.05) is 18.3 Å². The summed E-state index contributed by atoms with van der Waals surface area (Å²) in [5.74, 6) is 0.0983. The summed E-state index contributed by atoms with van der Waals surface area (Å²) in [6, 6.07) is 10.5. The molecule has 0 aliphatic carbocycles. The highest BCUT2D eigenvalue weighted by Crippen LogP contribution is 2.33. The largest absolute Gasteiger partial charge is 0.497 e. The first kappa shape index (κ1) is 15.3. The van der Waals surface area contributed by atoms with Gasteiger partial charge in [-0.25, -0.2) is 4.39 Å². The van der Waals surface area contributed by atoms with Crippen molar-refractivity contribution in [2.75, 3.05) is 19.1 Å². The number of rotatable bonds is 4. The van der Waals surface area contributed by atoms with Crippen molar-refractivity contribution < 1.29 is 9.13 Å². The number of nitrogen functional groups attached to an aromatic ring is 1. The molecule has 0 spiro atoms. The van der Waals surface area contributed by atoms with E-state index in [0.29, 0.717) is 11.3 Å². The minimum absolute atomic E-state index is 0.181. The molecule has 0 aromatic heterocycles. The second kappa shape index (κ2) is 6.13. The van der Waals surface area contributed by atoms with Crippen molar-refractivity contribution in [1.82, 2.24) is 0 Å². The summed E-state index contributed by atoms with van der Waals surface area (Å²) < 4.78 is 19.7. The number of halogens is 2. The Morgan fingerprint density at radius 3 is 2.38 bits per heavy atom. The molecule has 0 amide bonds. The number of hydrogen-bond acceptors (Lipinski definition) is 3. The van der Waals surface area contributed by atoms with Crippen LogP contribution in [-0.2, 0) is 0 Å². The Morgan fingerprint density at radius 2 is 1.86 bits per heavy atom. The lowest BCUT2D eigenvalue weighted by Gasteiger charge is -2.21. The number of hydrogen-bond donors (Lipinski definition) is 2. The Hall–Kier alpha value is -2.08. The molecule has 3 N–H and O–H groups in total. The SMILES string of the molecule is COc1ccc(N(C)c2ccc(C(=N)N)c(Br)c2F)cc1. The Morgan fingerprint density at radius 1 is 1.24 bits per heavy atom. The molecule has 0 atom stereocenters. The molecule has 0 saturated heterocycles. The van der Waals surface area contributed by atoms with Crippen LogP contribution >= 0.6 is 15.9 Å². The van der Waals surface area contributed by atoms with E-state index in [0.717, 1.165) is 11.4 Å². The van der Waals surface area contributed by atoms with Gasteiger partial charge in [-0.2, -0.15) is 0 Å². The molecule has 6 heteroatoms. The Labute approximate surface area is 131 Å². The number of ether oxygens (including phenoxy) is 1. The molecule has 0 aliphatic rings. The molecule has 0 unspecified atom stereocenters. The normalized spacial score (nSPS) is 10.3. The van der Waals surface area contributed by atoms with Crippen molar-refractivity contribution in [2.24, 2.45) is 5.73 Å². The minimum Gasteiger partial charge on any atom is -0.497 e. The zero-order valence-corrected chi connectivity index (χ0v) is 13.2. The van der Waals surface area contributed by atoms with Crippen LogP contribution in [-0.4, -0.2) is 20.0 Å². The van der Waals surface area contributed by atoms with E-state index in [2.05, 4.69) is 15.9 Å². The van der Waals surface area contributed by atoms with Crippen LogP contribution in [0.1, 0.15) is 5.56 Å². The lowest BCUT2D eigenvalue weighted by atomic mass is 10.1. The number of nitrogens with two attached hydrogens (primary N) is 1. The van der Waals surface area contributed by atoms with Crippen LogP contribution in [0.15, 0.2) is 40.9 Å². The highest BCUT2D eigenvalue weighted by atomic mass is 79.9. The standard InChI is InChI=1S/C15H15BrFN3O/c1-20(9-3-5-10(21-2)6-4-9)12-8-7-11(15(18)19)13(16)14(12)17/h3-8H,1-2H3,(H3,18,19). The first-order chi connectivity index (χ1) is 9.95. The van der Waals surface area contributed by atoms with Gasteiger partial charge in [-0.1, -0.05) is 0 Å². The molecule has 4 nitrogen and oxygen atoms in total. The number of anilines is 2. The first-order valence-corrected chi connectivity index (χ1v) is 6.95. The smallest absolute Gasteiger partial charge is 0.161 e. The van der Waals surface area contributed by atoms with Gasteiger partial charge in [-0.3, -0.25) is 5.41 Å². The van der Waals surface area contributed by atoms with Crippen LogP contribution < -0.4 is 15.4 Å². The maximum atomic E-state index is 14.4. The van der Waals surface area contributed by atoms with Gasteiger partial charge in [0.15, 0.2) is 5.82 Å². The number of benzene rings is 2. The fraction of sp³-hybridized carbons (Fsp3) is 0.133. The van der Waals surface area contributed by atoms with Crippen LogP contribution in [0.4, 0.5) is 15.8 Å². The third-order valence-corrected chi connectivity index (χ3v) is 3.95. The summed E-state index contributed by atoms with van der Waals surface area (Å²) in [6.07, 6.45) is 0. The second-order valence-corrected chi connectivity index (χ2v) is 5.22. The van der Waals surface area contributed by atoms with Crippen LogP contribution in [0.5, 0.6) is 5.75 Å². The van der Waals surface area contributed by atoms with Crippen LogP contribution in [0.25, 0.3) is 0 Å². The zero-order chi connectivity index (χ0) is 15.6. The van der Waals surface area contributed by atoms with E-state index < -0.39 is 5.82 Å². The van der Waals surface area contributed by atoms with Gasteiger partial charge in [0.05, 0.1) is 17.3 Å². The Balaban J connectivity index is 2.41. The summed E-state index contributed by atoms with van der Waals surface area (Å²) in [6.45, 7) is 0. The highest BCUT2D eigenvalue weighted by molar-refractivity contribution is 9.10. The highest BCUT2D eigenvalue weighted by Gasteiger charge is 2.16. The fourth-order valence-corrected chi connectivity index (χ4v) is 2.50. The molecule has 0 saturated carbocycles. The lowest BCUT2D eigenvalue weighted by Crippen LogP contribution is -2.15. The van der Waals surface area contributed by atoms with Crippen LogP contribution in [0.3, 0.4) is 0 Å². The van der Waals surface area contributed by atoms with Gasteiger partial charge < -0.3 is 15.4 Å². The zero-order valence-electron chi connectivity index (χ0n) is 11.7. The van der Waals surface area contributed by atoms with Gasteiger partial charge in [-0.05, 0) is 52.3 Å². The molecule has 0 aliphatic heterocycles. The first-order valence-electron chi connectivity index (χ1n) is 6.16. The van der Waals surface area contributed by atoms with Gasteiger partial charge in [0.1, 0.15) is 11.6 Å². The van der Waals surface area contributed by atoms with E-state index in [9.17, 15) is 4.39 Å². The van der Waals surface area contributed by atoms with Crippen molar-refractivity contribution in [3.05, 3.63) is 52.3 Å². The average molecular weight is 352 g/mol. The topological polar surface area (TPSA) is 62.3 Å². The quantitative estimate of drug-likeness (QED) is 0.652. The summed E-state index contributed by atoms with van der Waals surface area (Å²) in [5.41, 5.74) is 6.95. The van der Waals surface area contributed by atoms with Crippen LogP contribution in [0, 0.1) is 11.2 Å². The van der Waals surface area contributed by atoms with E-state index in [1.165, 1.54) is 0 Å². The third-order valence-electron chi connectivity index (χ3n) is 3.17. The fourth-order valence-electron chi connectivity index (χ4n) is 1.95. The molecule has 0 heterocycles. The number of nitrogens with one attached hydrogen (secondary N) is 1. The van der Waals surface area contributed by atoms with Gasteiger partial charge in [-0.15, -0.1) is 0 Å².